The minimum absolute atomic E-state index is 0.163. The van der Waals surface area contributed by atoms with Crippen LogP contribution in [0.3, 0.4) is 0 Å². The van der Waals surface area contributed by atoms with E-state index in [1.165, 1.54) is 0 Å². The smallest absolute Gasteiger partial charge is 0.309 e. The van der Waals surface area contributed by atoms with E-state index in [0.29, 0.717) is 26.4 Å². The van der Waals surface area contributed by atoms with Crippen LogP contribution in [0.4, 0.5) is 0 Å². The van der Waals surface area contributed by atoms with Gasteiger partial charge in [-0.25, -0.2) is 0 Å². The largest absolute Gasteiger partial charge is 0.461 e. The van der Waals surface area contributed by atoms with Crippen LogP contribution in [0.1, 0.15) is 13.8 Å². The highest BCUT2D eigenvalue weighted by Gasteiger charge is 1.94. The van der Waals surface area contributed by atoms with Crippen molar-refractivity contribution >= 4 is 0 Å². The molecular weight excluding hydrogens is 160 g/mol. The van der Waals surface area contributed by atoms with Crippen LogP contribution < -0.4 is 0 Å². The maximum Gasteiger partial charge on any atom is 0.309 e. The van der Waals surface area contributed by atoms with Gasteiger partial charge in [-0.05, 0) is 20.4 Å². The van der Waals surface area contributed by atoms with Gasteiger partial charge < -0.3 is 9.47 Å². The zero-order valence-electron chi connectivity index (χ0n) is 7.67. The Balaban J connectivity index is 3.08. The second-order valence-corrected chi connectivity index (χ2v) is 1.91. The van der Waals surface area contributed by atoms with Gasteiger partial charge in [0.1, 0.15) is 6.61 Å². The third-order valence-electron chi connectivity index (χ3n) is 0.965. The predicted molar refractivity (Wildman–Crippen MR) is 44.3 cm³/mol. The third-order valence-corrected chi connectivity index (χ3v) is 0.965. The molecule has 0 atom stereocenters. The van der Waals surface area contributed by atoms with Crippen LogP contribution in [0.25, 0.3) is 0 Å². The molecule has 0 bridgehead atoms. The quantitative estimate of drug-likeness (QED) is 0.243. The van der Waals surface area contributed by atoms with E-state index in [9.17, 15) is 0 Å². The Morgan fingerprint density at radius 2 is 1.92 bits per heavy atom. The molecule has 0 fully saturated rings. The molecule has 0 saturated heterocycles. The van der Waals surface area contributed by atoms with Gasteiger partial charge in [-0.1, -0.05) is 0 Å². The molecule has 0 aliphatic heterocycles. The zero-order valence-corrected chi connectivity index (χ0v) is 7.67. The second-order valence-electron chi connectivity index (χ2n) is 1.91. The lowest BCUT2D eigenvalue weighted by molar-refractivity contribution is -0.289. The van der Waals surface area contributed by atoms with Crippen LogP contribution in [0.5, 0.6) is 0 Å². The Bertz CT molecular complexity index is 114. The van der Waals surface area contributed by atoms with Crippen molar-refractivity contribution in [3.8, 4) is 0 Å². The van der Waals surface area contributed by atoms with E-state index in [-0.39, 0.29) is 5.95 Å². The lowest BCUT2D eigenvalue weighted by atomic mass is 10.7. The highest BCUT2D eigenvalue weighted by Crippen LogP contribution is 1.96. The first-order valence-electron chi connectivity index (χ1n) is 4.00. The molecule has 0 spiro atoms. The summed E-state index contributed by atoms with van der Waals surface area (Å²) in [5, 5.41) is 0. The average Bonchev–Trinajstić information content (AvgIpc) is 2.09. The van der Waals surface area contributed by atoms with Crippen LogP contribution in [0.2, 0.25) is 0 Å². The van der Waals surface area contributed by atoms with Gasteiger partial charge in [-0.2, -0.15) is 4.89 Å². The molecule has 72 valence electrons. The maximum absolute atomic E-state index is 5.03. The van der Waals surface area contributed by atoms with E-state index in [1.54, 1.807) is 0 Å². The molecule has 0 N–H and O–H groups in total. The molecule has 4 heteroatoms. The summed E-state index contributed by atoms with van der Waals surface area (Å²) < 4.78 is 10.0. The highest BCUT2D eigenvalue weighted by atomic mass is 17.2. The number of ether oxygens (including phenoxy) is 2. The zero-order chi connectivity index (χ0) is 9.23. The van der Waals surface area contributed by atoms with Gasteiger partial charge in [0.25, 0.3) is 0 Å². The lowest BCUT2D eigenvalue weighted by Gasteiger charge is -2.07. The summed E-state index contributed by atoms with van der Waals surface area (Å²) in [5.74, 6) is 0.163. The van der Waals surface area contributed by atoms with Crippen molar-refractivity contribution in [1.29, 1.82) is 0 Å². The van der Waals surface area contributed by atoms with E-state index in [2.05, 4.69) is 16.4 Å². The van der Waals surface area contributed by atoms with Crippen LogP contribution in [-0.2, 0) is 19.2 Å². The fourth-order valence-corrected chi connectivity index (χ4v) is 0.507. The standard InChI is InChI=1S/C8H16O4/c1-4-9-6-7-10-8(3)12-11-5-2/h3-7H2,1-2H3. The van der Waals surface area contributed by atoms with E-state index in [1.807, 2.05) is 13.8 Å². The number of rotatable bonds is 8. The molecule has 0 aliphatic rings. The van der Waals surface area contributed by atoms with Crippen LogP contribution in [-0.4, -0.2) is 26.4 Å². The Hall–Kier alpha value is -0.740. The maximum atomic E-state index is 5.03. The summed E-state index contributed by atoms with van der Waals surface area (Å²) in [7, 11) is 0. The van der Waals surface area contributed by atoms with Gasteiger partial charge >= 0.3 is 5.95 Å². The lowest BCUT2D eigenvalue weighted by Crippen LogP contribution is -2.05. The first-order chi connectivity index (χ1) is 5.81. The molecule has 0 rings (SSSR count). The van der Waals surface area contributed by atoms with E-state index in [4.69, 9.17) is 9.47 Å². The average molecular weight is 176 g/mol. The SMILES string of the molecule is C=C(OCCOCC)OOCC. The summed E-state index contributed by atoms with van der Waals surface area (Å²) in [6, 6.07) is 0. The molecule has 4 nitrogen and oxygen atoms in total. The van der Waals surface area contributed by atoms with Crippen molar-refractivity contribution in [3.05, 3.63) is 12.5 Å². The summed E-state index contributed by atoms with van der Waals surface area (Å²) in [4.78, 5) is 9.19. The topological polar surface area (TPSA) is 36.9 Å². The minimum atomic E-state index is 0.163. The molecule has 0 aromatic rings. The fraction of sp³-hybridized carbons (Fsp3) is 0.750. The van der Waals surface area contributed by atoms with Gasteiger partial charge in [-0.15, -0.1) is 0 Å². The Morgan fingerprint density at radius 3 is 2.50 bits per heavy atom. The van der Waals surface area contributed by atoms with Crippen molar-refractivity contribution in [3.63, 3.8) is 0 Å². The normalized spacial score (nSPS) is 9.50. The summed E-state index contributed by atoms with van der Waals surface area (Å²) in [6.07, 6.45) is 0. The Kier molecular flexibility index (Phi) is 7.84. The minimum Gasteiger partial charge on any atom is -0.461 e. The van der Waals surface area contributed by atoms with Gasteiger partial charge in [0.15, 0.2) is 0 Å². The van der Waals surface area contributed by atoms with E-state index in [0.717, 1.165) is 0 Å². The Morgan fingerprint density at radius 1 is 1.17 bits per heavy atom. The highest BCUT2D eigenvalue weighted by molar-refractivity contribution is 4.64. The fourth-order valence-electron chi connectivity index (χ4n) is 0.507. The van der Waals surface area contributed by atoms with Crippen LogP contribution in [0, 0.1) is 0 Å². The van der Waals surface area contributed by atoms with Crippen molar-refractivity contribution in [2.75, 3.05) is 26.4 Å². The van der Waals surface area contributed by atoms with E-state index >= 15 is 0 Å². The van der Waals surface area contributed by atoms with Crippen molar-refractivity contribution in [2.45, 2.75) is 13.8 Å². The van der Waals surface area contributed by atoms with Crippen molar-refractivity contribution in [1.82, 2.24) is 0 Å². The van der Waals surface area contributed by atoms with Gasteiger partial charge in [0, 0.05) is 6.61 Å². The Labute approximate surface area is 73.0 Å². The first kappa shape index (κ1) is 11.3. The summed E-state index contributed by atoms with van der Waals surface area (Å²) in [5.41, 5.74) is 0. The summed E-state index contributed by atoms with van der Waals surface area (Å²) in [6.45, 7) is 9.31. The molecular formula is C8H16O4. The molecule has 0 aromatic carbocycles. The molecule has 0 heterocycles. The molecule has 0 amide bonds. The number of hydrogen-bond donors (Lipinski definition) is 0. The molecule has 0 unspecified atom stereocenters. The first-order valence-corrected chi connectivity index (χ1v) is 4.00. The molecule has 0 radical (unpaired) electrons. The molecule has 0 aliphatic carbocycles. The number of hydrogen-bond acceptors (Lipinski definition) is 4. The van der Waals surface area contributed by atoms with Gasteiger partial charge in [-0.3, -0.25) is 4.89 Å². The van der Waals surface area contributed by atoms with Crippen molar-refractivity contribution in [2.24, 2.45) is 0 Å². The monoisotopic (exact) mass is 176 g/mol. The second kappa shape index (κ2) is 8.36. The molecule has 12 heavy (non-hydrogen) atoms. The predicted octanol–water partition coefficient (Wildman–Crippen LogP) is 1.48. The van der Waals surface area contributed by atoms with Gasteiger partial charge in [0.2, 0.25) is 0 Å². The summed E-state index contributed by atoms with van der Waals surface area (Å²) >= 11 is 0. The van der Waals surface area contributed by atoms with E-state index < -0.39 is 0 Å². The third kappa shape index (κ3) is 7.37. The molecule has 0 aromatic heterocycles. The van der Waals surface area contributed by atoms with Crippen LogP contribution >= 0.6 is 0 Å². The van der Waals surface area contributed by atoms with Gasteiger partial charge in [0.05, 0.1) is 13.2 Å². The molecule has 0 saturated carbocycles. The van der Waals surface area contributed by atoms with Crippen molar-refractivity contribution < 1.29 is 19.2 Å². The van der Waals surface area contributed by atoms with Crippen LogP contribution in [0.15, 0.2) is 12.5 Å².